The first-order valence-electron chi connectivity index (χ1n) is 8.85. The zero-order valence-electron chi connectivity index (χ0n) is 14.8. The summed E-state index contributed by atoms with van der Waals surface area (Å²) in [6.07, 6.45) is 10.9. The van der Waals surface area contributed by atoms with Crippen molar-refractivity contribution in [2.24, 2.45) is 0 Å². The van der Waals surface area contributed by atoms with E-state index in [0.717, 1.165) is 18.5 Å². The molecule has 8 nitrogen and oxygen atoms in total. The van der Waals surface area contributed by atoms with Gasteiger partial charge in [-0.1, -0.05) is 0 Å². The molecule has 0 saturated carbocycles. The number of carbonyl (C=O) groups is 1. The zero-order valence-corrected chi connectivity index (χ0v) is 14.8. The Balaban J connectivity index is 1.43. The third-order valence-electron chi connectivity index (χ3n) is 4.44. The van der Waals surface area contributed by atoms with E-state index in [1.165, 1.54) is 0 Å². The molecule has 4 rings (SSSR count). The summed E-state index contributed by atoms with van der Waals surface area (Å²) in [6, 6.07) is 5.52. The lowest BCUT2D eigenvalue weighted by Crippen LogP contribution is -2.35. The maximum absolute atomic E-state index is 12.8. The second-order valence-corrected chi connectivity index (χ2v) is 6.22. The fourth-order valence-electron chi connectivity index (χ4n) is 3.04. The number of amides is 1. The van der Waals surface area contributed by atoms with Gasteiger partial charge in [0.25, 0.3) is 5.91 Å². The molecule has 3 aromatic rings. The van der Waals surface area contributed by atoms with Crippen molar-refractivity contribution in [3.63, 3.8) is 0 Å². The van der Waals surface area contributed by atoms with E-state index in [1.54, 1.807) is 43.2 Å². The molecule has 8 heteroatoms. The van der Waals surface area contributed by atoms with E-state index in [4.69, 9.17) is 0 Å². The van der Waals surface area contributed by atoms with Gasteiger partial charge >= 0.3 is 0 Å². The molecular weight excluding hydrogens is 342 g/mol. The van der Waals surface area contributed by atoms with Crippen molar-refractivity contribution < 1.29 is 4.79 Å². The lowest BCUT2D eigenvalue weighted by molar-refractivity contribution is 0.0766. The van der Waals surface area contributed by atoms with E-state index in [9.17, 15) is 4.79 Å². The van der Waals surface area contributed by atoms with Crippen molar-refractivity contribution in [1.29, 1.82) is 0 Å². The normalized spacial score (nSPS) is 14.7. The third-order valence-corrected chi connectivity index (χ3v) is 4.44. The van der Waals surface area contributed by atoms with E-state index in [1.807, 2.05) is 17.0 Å². The number of rotatable bonds is 3. The fourth-order valence-corrected chi connectivity index (χ4v) is 3.04. The fraction of sp³-hybridized carbons (Fsp3) is 0.263. The zero-order chi connectivity index (χ0) is 18.5. The molecule has 1 fully saturated rings. The molecule has 0 N–H and O–H groups in total. The Morgan fingerprint density at radius 1 is 0.852 bits per heavy atom. The van der Waals surface area contributed by atoms with Gasteiger partial charge < -0.3 is 9.80 Å². The van der Waals surface area contributed by atoms with Gasteiger partial charge in [-0.2, -0.15) is 0 Å². The van der Waals surface area contributed by atoms with Gasteiger partial charge in [-0.25, -0.2) is 19.9 Å². The Hall–Kier alpha value is -3.42. The number of hydrogen-bond donors (Lipinski definition) is 0. The van der Waals surface area contributed by atoms with Crippen LogP contribution in [0.3, 0.4) is 0 Å². The topological polar surface area (TPSA) is 88.0 Å². The largest absolute Gasteiger partial charge is 0.339 e. The van der Waals surface area contributed by atoms with Gasteiger partial charge in [0.15, 0.2) is 5.82 Å². The van der Waals surface area contributed by atoms with Gasteiger partial charge in [0.2, 0.25) is 5.95 Å². The quantitative estimate of drug-likeness (QED) is 0.701. The Bertz CT molecular complexity index is 887. The molecule has 3 aromatic heterocycles. The second kappa shape index (κ2) is 7.86. The predicted octanol–water partition coefficient (Wildman–Crippen LogP) is 1.68. The Labute approximate surface area is 157 Å². The van der Waals surface area contributed by atoms with Gasteiger partial charge in [-0.15, -0.1) is 0 Å². The van der Waals surface area contributed by atoms with Gasteiger partial charge in [0, 0.05) is 68.9 Å². The standard InChI is InChI=1S/C19H19N7O/c27-18(16-13-23-17(24-14-16)15-4-1-5-20-12-15)25-8-3-9-26(11-10-25)19-21-6-2-7-22-19/h1-2,4-7,12-14H,3,8-11H2. The molecule has 1 amide bonds. The minimum Gasteiger partial charge on any atom is -0.339 e. The molecule has 27 heavy (non-hydrogen) atoms. The molecule has 1 aliphatic rings. The van der Waals surface area contributed by atoms with E-state index in [2.05, 4.69) is 29.8 Å². The van der Waals surface area contributed by atoms with E-state index in [0.29, 0.717) is 37.0 Å². The molecule has 0 spiro atoms. The van der Waals surface area contributed by atoms with Crippen LogP contribution in [0.25, 0.3) is 11.4 Å². The highest BCUT2D eigenvalue weighted by Crippen LogP contribution is 2.15. The summed E-state index contributed by atoms with van der Waals surface area (Å²) in [6.45, 7) is 2.82. The van der Waals surface area contributed by atoms with Crippen LogP contribution in [0.4, 0.5) is 5.95 Å². The predicted molar refractivity (Wildman–Crippen MR) is 100 cm³/mol. The lowest BCUT2D eigenvalue weighted by atomic mass is 10.2. The van der Waals surface area contributed by atoms with Crippen molar-refractivity contribution in [2.45, 2.75) is 6.42 Å². The number of aromatic nitrogens is 5. The third kappa shape index (κ3) is 3.89. The minimum absolute atomic E-state index is 0.0523. The highest BCUT2D eigenvalue weighted by molar-refractivity contribution is 5.93. The average Bonchev–Trinajstić information content (AvgIpc) is 3.01. The number of pyridine rings is 1. The first-order valence-corrected chi connectivity index (χ1v) is 8.85. The summed E-state index contributed by atoms with van der Waals surface area (Å²) < 4.78 is 0. The first-order chi connectivity index (χ1) is 13.3. The molecule has 4 heterocycles. The Kier molecular flexibility index (Phi) is 4.95. The lowest BCUT2D eigenvalue weighted by Gasteiger charge is -2.21. The summed E-state index contributed by atoms with van der Waals surface area (Å²) in [5.74, 6) is 1.21. The van der Waals surface area contributed by atoms with E-state index >= 15 is 0 Å². The first kappa shape index (κ1) is 17.0. The van der Waals surface area contributed by atoms with Crippen LogP contribution in [0.1, 0.15) is 16.8 Å². The molecule has 0 unspecified atom stereocenters. The summed E-state index contributed by atoms with van der Waals surface area (Å²) in [7, 11) is 0. The van der Waals surface area contributed by atoms with Crippen molar-refractivity contribution in [2.75, 3.05) is 31.1 Å². The number of carbonyl (C=O) groups excluding carboxylic acids is 1. The molecule has 0 radical (unpaired) electrons. The van der Waals surface area contributed by atoms with Crippen molar-refractivity contribution in [1.82, 2.24) is 29.8 Å². The van der Waals surface area contributed by atoms with Crippen LogP contribution in [0.5, 0.6) is 0 Å². The Morgan fingerprint density at radius 2 is 1.67 bits per heavy atom. The summed E-state index contributed by atoms with van der Waals surface area (Å²) in [5, 5.41) is 0. The summed E-state index contributed by atoms with van der Waals surface area (Å²) in [5.41, 5.74) is 1.32. The van der Waals surface area contributed by atoms with Crippen LogP contribution in [0.15, 0.2) is 55.4 Å². The molecule has 1 aliphatic heterocycles. The van der Waals surface area contributed by atoms with Crippen LogP contribution in [-0.2, 0) is 0 Å². The second-order valence-electron chi connectivity index (χ2n) is 6.22. The van der Waals surface area contributed by atoms with Crippen LogP contribution in [0.2, 0.25) is 0 Å². The molecule has 1 saturated heterocycles. The number of nitrogens with zero attached hydrogens (tertiary/aromatic N) is 7. The molecular formula is C19H19N7O. The van der Waals surface area contributed by atoms with E-state index in [-0.39, 0.29) is 5.91 Å². The summed E-state index contributed by atoms with van der Waals surface area (Å²) in [4.78, 5) is 38.1. The van der Waals surface area contributed by atoms with Crippen LogP contribution < -0.4 is 4.90 Å². The van der Waals surface area contributed by atoms with Gasteiger partial charge in [0.1, 0.15) is 0 Å². The average molecular weight is 361 g/mol. The van der Waals surface area contributed by atoms with Crippen molar-refractivity contribution in [3.05, 3.63) is 60.9 Å². The van der Waals surface area contributed by atoms with Crippen molar-refractivity contribution >= 4 is 11.9 Å². The van der Waals surface area contributed by atoms with Gasteiger partial charge in [-0.05, 0) is 24.6 Å². The van der Waals surface area contributed by atoms with E-state index < -0.39 is 0 Å². The minimum atomic E-state index is -0.0523. The maximum Gasteiger partial charge on any atom is 0.257 e. The van der Waals surface area contributed by atoms with Gasteiger partial charge in [-0.3, -0.25) is 9.78 Å². The van der Waals surface area contributed by atoms with Crippen molar-refractivity contribution in [3.8, 4) is 11.4 Å². The smallest absolute Gasteiger partial charge is 0.257 e. The highest BCUT2D eigenvalue weighted by Gasteiger charge is 2.22. The van der Waals surface area contributed by atoms with Gasteiger partial charge in [0.05, 0.1) is 5.56 Å². The SMILES string of the molecule is O=C(c1cnc(-c2cccnc2)nc1)N1CCCN(c2ncccn2)CC1. The van der Waals surface area contributed by atoms with Crippen LogP contribution in [-0.4, -0.2) is 61.9 Å². The van der Waals surface area contributed by atoms with Crippen LogP contribution >= 0.6 is 0 Å². The molecule has 0 aliphatic carbocycles. The molecule has 136 valence electrons. The number of hydrogen-bond acceptors (Lipinski definition) is 7. The highest BCUT2D eigenvalue weighted by atomic mass is 16.2. The molecule has 0 bridgehead atoms. The maximum atomic E-state index is 12.8. The summed E-state index contributed by atoms with van der Waals surface area (Å²) >= 11 is 0. The molecule has 0 atom stereocenters. The monoisotopic (exact) mass is 361 g/mol. The number of anilines is 1. The van der Waals surface area contributed by atoms with Crippen LogP contribution in [0, 0.1) is 0 Å². The Morgan fingerprint density at radius 3 is 2.41 bits per heavy atom. The molecule has 0 aromatic carbocycles.